The van der Waals surface area contributed by atoms with E-state index in [0.717, 1.165) is 44.9 Å². The van der Waals surface area contributed by atoms with Crippen LogP contribution in [0.25, 0.3) is 0 Å². The van der Waals surface area contributed by atoms with Crippen molar-refractivity contribution in [3.63, 3.8) is 0 Å². The molecule has 0 aromatic rings. The number of likely N-dealkylation sites (tertiary alicyclic amines) is 1. The predicted octanol–water partition coefficient (Wildman–Crippen LogP) is 2.18. The Morgan fingerprint density at radius 1 is 1.05 bits per heavy atom. The molecule has 0 aromatic carbocycles. The summed E-state index contributed by atoms with van der Waals surface area (Å²) in [5.74, 6) is -0.911. The number of carbonyl (C=O) groups is 2. The Hall–Kier alpha value is -1.10. The Labute approximate surface area is 126 Å². The molecule has 1 saturated heterocycles. The van der Waals surface area contributed by atoms with E-state index >= 15 is 0 Å². The van der Waals surface area contributed by atoms with E-state index in [9.17, 15) is 19.8 Å². The minimum atomic E-state index is -0.873. The smallest absolute Gasteiger partial charge is 0.310 e. The van der Waals surface area contributed by atoms with Gasteiger partial charge < -0.3 is 15.1 Å². The molecule has 1 atom stereocenters. The van der Waals surface area contributed by atoms with Gasteiger partial charge in [0.05, 0.1) is 18.1 Å². The largest absolute Gasteiger partial charge is 0.481 e. The van der Waals surface area contributed by atoms with E-state index < -0.39 is 11.4 Å². The third-order valence-electron chi connectivity index (χ3n) is 5.16. The summed E-state index contributed by atoms with van der Waals surface area (Å²) >= 11 is 0. The molecule has 2 aliphatic rings. The van der Waals surface area contributed by atoms with Gasteiger partial charge in [0.25, 0.3) is 0 Å². The molecule has 1 unspecified atom stereocenters. The Morgan fingerprint density at radius 3 is 2.33 bits per heavy atom. The first-order valence-corrected chi connectivity index (χ1v) is 8.23. The molecule has 1 heterocycles. The number of hydrogen-bond donors (Lipinski definition) is 2. The van der Waals surface area contributed by atoms with Gasteiger partial charge in [-0.25, -0.2) is 0 Å². The van der Waals surface area contributed by atoms with Crippen molar-refractivity contribution < 1.29 is 19.8 Å². The molecule has 120 valence electrons. The first kappa shape index (κ1) is 16.3. The Balaban J connectivity index is 2.08. The first-order chi connectivity index (χ1) is 10.1. The van der Waals surface area contributed by atoms with Crippen molar-refractivity contribution >= 4 is 11.9 Å². The van der Waals surface area contributed by atoms with Crippen molar-refractivity contribution in [2.45, 2.75) is 70.3 Å². The number of nitrogens with zero attached hydrogens (tertiary/aromatic N) is 1. The van der Waals surface area contributed by atoms with Gasteiger partial charge in [-0.05, 0) is 25.7 Å². The van der Waals surface area contributed by atoms with Crippen LogP contribution in [0.5, 0.6) is 0 Å². The van der Waals surface area contributed by atoms with Gasteiger partial charge in [-0.3, -0.25) is 9.59 Å². The second-order valence-electron chi connectivity index (χ2n) is 6.60. The van der Waals surface area contributed by atoms with Crippen LogP contribution >= 0.6 is 0 Å². The molecule has 0 radical (unpaired) electrons. The van der Waals surface area contributed by atoms with Crippen molar-refractivity contribution in [3.8, 4) is 0 Å². The molecule has 21 heavy (non-hydrogen) atoms. The molecule has 5 heteroatoms. The first-order valence-electron chi connectivity index (χ1n) is 8.23. The fourth-order valence-corrected chi connectivity index (χ4v) is 3.78. The van der Waals surface area contributed by atoms with E-state index in [1.54, 1.807) is 4.90 Å². The fourth-order valence-electron chi connectivity index (χ4n) is 3.78. The van der Waals surface area contributed by atoms with Gasteiger partial charge in [0.1, 0.15) is 0 Å². The second kappa shape index (κ2) is 7.25. The Morgan fingerprint density at radius 2 is 1.71 bits per heavy atom. The molecular weight excluding hydrogens is 270 g/mol. The average molecular weight is 297 g/mol. The van der Waals surface area contributed by atoms with Crippen molar-refractivity contribution in [1.82, 2.24) is 4.90 Å². The van der Waals surface area contributed by atoms with Crippen molar-refractivity contribution in [2.75, 3.05) is 13.2 Å². The van der Waals surface area contributed by atoms with E-state index in [0.29, 0.717) is 19.4 Å². The molecule has 1 aliphatic carbocycles. The van der Waals surface area contributed by atoms with Crippen molar-refractivity contribution in [2.24, 2.45) is 5.41 Å². The number of carbonyl (C=O) groups excluding carboxylic acids is 1. The lowest BCUT2D eigenvalue weighted by Gasteiger charge is -2.36. The molecule has 0 spiro atoms. The van der Waals surface area contributed by atoms with Crippen molar-refractivity contribution in [1.29, 1.82) is 0 Å². The number of carboxylic acid groups (broad SMARTS) is 1. The fraction of sp³-hybridized carbons (Fsp3) is 0.875. The van der Waals surface area contributed by atoms with Crippen LogP contribution in [-0.2, 0) is 9.59 Å². The number of rotatable bonds is 4. The summed E-state index contributed by atoms with van der Waals surface area (Å²) in [5.41, 5.74) is -0.873. The Kier molecular flexibility index (Phi) is 5.62. The van der Waals surface area contributed by atoms with E-state index in [4.69, 9.17) is 0 Å². The zero-order chi connectivity index (χ0) is 15.3. The Bertz CT molecular complexity index is 376. The quantitative estimate of drug-likeness (QED) is 0.833. The maximum absolute atomic E-state index is 12.6. The number of hydrogen-bond acceptors (Lipinski definition) is 3. The monoisotopic (exact) mass is 297 g/mol. The molecule has 2 N–H and O–H groups in total. The van der Waals surface area contributed by atoms with Gasteiger partial charge in [0, 0.05) is 13.0 Å². The zero-order valence-corrected chi connectivity index (χ0v) is 12.7. The minimum Gasteiger partial charge on any atom is -0.481 e. The normalized spacial score (nSPS) is 26.1. The van der Waals surface area contributed by atoms with Crippen LogP contribution in [0.3, 0.4) is 0 Å². The number of aliphatic hydroxyl groups excluding tert-OH is 1. The topological polar surface area (TPSA) is 77.8 Å². The highest BCUT2D eigenvalue weighted by Gasteiger charge is 2.43. The summed E-state index contributed by atoms with van der Waals surface area (Å²) < 4.78 is 0. The second-order valence-corrected chi connectivity index (χ2v) is 6.60. The number of carboxylic acids is 1. The summed E-state index contributed by atoms with van der Waals surface area (Å²) in [6.45, 7) is 0.631. The zero-order valence-electron chi connectivity index (χ0n) is 12.7. The van der Waals surface area contributed by atoms with Gasteiger partial charge >= 0.3 is 5.97 Å². The lowest BCUT2D eigenvalue weighted by molar-refractivity contribution is -0.156. The molecule has 0 aromatic heterocycles. The van der Waals surface area contributed by atoms with Crippen LogP contribution in [-0.4, -0.2) is 46.2 Å². The summed E-state index contributed by atoms with van der Waals surface area (Å²) in [6, 6.07) is -0.130. The number of amides is 1. The molecular formula is C16H27NO4. The predicted molar refractivity (Wildman–Crippen MR) is 78.8 cm³/mol. The van der Waals surface area contributed by atoms with E-state index in [-0.39, 0.29) is 25.0 Å². The maximum Gasteiger partial charge on any atom is 0.310 e. The van der Waals surface area contributed by atoms with Gasteiger partial charge in [0.2, 0.25) is 5.91 Å². The van der Waals surface area contributed by atoms with E-state index in [1.165, 1.54) is 0 Å². The third-order valence-corrected chi connectivity index (χ3v) is 5.16. The third kappa shape index (κ3) is 3.76. The van der Waals surface area contributed by atoms with E-state index in [2.05, 4.69) is 0 Å². The molecule has 5 nitrogen and oxygen atoms in total. The summed E-state index contributed by atoms with van der Waals surface area (Å²) in [7, 11) is 0. The molecule has 1 amide bonds. The molecule has 0 bridgehead atoms. The highest BCUT2D eigenvalue weighted by atomic mass is 16.4. The van der Waals surface area contributed by atoms with Gasteiger partial charge in [0.15, 0.2) is 0 Å². The van der Waals surface area contributed by atoms with Gasteiger partial charge in [-0.1, -0.05) is 32.1 Å². The van der Waals surface area contributed by atoms with E-state index in [1.807, 2.05) is 0 Å². The van der Waals surface area contributed by atoms with Crippen LogP contribution in [0.4, 0.5) is 0 Å². The lowest BCUT2D eigenvalue weighted by Crippen LogP contribution is -2.46. The highest BCUT2D eigenvalue weighted by Crippen LogP contribution is 2.40. The summed E-state index contributed by atoms with van der Waals surface area (Å²) in [6.07, 6.45) is 8.02. The highest BCUT2D eigenvalue weighted by molar-refractivity contribution is 5.85. The molecule has 2 fully saturated rings. The van der Waals surface area contributed by atoms with Crippen LogP contribution in [0.1, 0.15) is 64.2 Å². The van der Waals surface area contributed by atoms with Gasteiger partial charge in [-0.15, -0.1) is 0 Å². The molecule has 2 rings (SSSR count). The van der Waals surface area contributed by atoms with Crippen LogP contribution < -0.4 is 0 Å². The number of aliphatic carboxylic acids is 1. The van der Waals surface area contributed by atoms with Crippen LogP contribution in [0, 0.1) is 5.41 Å². The van der Waals surface area contributed by atoms with Crippen molar-refractivity contribution in [3.05, 3.63) is 0 Å². The lowest BCUT2D eigenvalue weighted by atomic mass is 9.71. The minimum absolute atomic E-state index is 0.0220. The average Bonchev–Trinajstić information content (AvgIpc) is 2.73. The standard InChI is InChI=1S/C16H27NO4/c18-12-13-7-3-1-6-10-17(13)14(19)11-16(15(20)21)8-4-2-5-9-16/h13,18H,1-12H2,(H,20,21). The molecule has 1 saturated carbocycles. The SMILES string of the molecule is O=C(CC1(C(=O)O)CCCCC1)N1CCCCCC1CO. The maximum atomic E-state index is 12.6. The van der Waals surface area contributed by atoms with Crippen LogP contribution in [0.2, 0.25) is 0 Å². The number of aliphatic hydroxyl groups is 1. The van der Waals surface area contributed by atoms with Crippen LogP contribution in [0.15, 0.2) is 0 Å². The van der Waals surface area contributed by atoms with Gasteiger partial charge in [-0.2, -0.15) is 0 Å². The summed E-state index contributed by atoms with van der Waals surface area (Å²) in [4.78, 5) is 26.1. The summed E-state index contributed by atoms with van der Waals surface area (Å²) in [5, 5.41) is 19.1. The molecule has 1 aliphatic heterocycles.